The SMILES string of the molecule is C/C=C/C[C@@H](C)[C@@H](O)[C@H]1C(=O)N[C@@H](CC)C(=O)N(C)[C@H](CSCCN(CC)CC)C(=O)N(C)[C@@H](CC(C)(C)OCOCC)C(=O)N[C@@H](C(C)C)C(=O)N(C)[C@@H](CC(C)C)C(=O)N[C@@H](C)C(=O)N[C@H](C)C(=O)N(C)[C@@H](CC(C)C)C(=O)N(C)[C@@H](CC(C)C)C(=O)N(C)[C@@H](C(C)C)C(=O)N1C. The standard InChI is InChI=1S/C72H132N12O14S/c1-28-33-34-48(16)60(85)59-64(89)75-51(29-2)66(91)81(25)56(41-99-36-35-84(30-3)31-4)69(94)80(24)55(40-72(19,20)98-42-97-32-5)63(88)76-57(46(12)13)70(95)77(21)52(37-43(6)7)62(87)73-49(17)61(86)74-50(18)65(90)78(22)53(38-44(8)9)67(92)79(23)54(39-45(10)11)68(93)82(26)58(47(14)15)71(96)83(59)27/h28,33,43-60,85H,29-32,34-42H2,1-27H3,(H,73,87)(H,74,86)(H,75,89)(H,76,88)/b33-28+/t48-,49+,50-,51+,52+,53+,54+,55+,56-,57+,58+,59+,60-/m1/s1. The number of amides is 11. The molecule has 0 saturated carbocycles. The maximum atomic E-state index is 15.7. The summed E-state index contributed by atoms with van der Waals surface area (Å²) in [5, 5.41) is 23.6. The fraction of sp³-hybridized carbons (Fsp3) is 0.819. The Labute approximate surface area is 598 Å². The van der Waals surface area contributed by atoms with E-state index in [0.717, 1.165) is 18.0 Å². The Hall–Kier alpha value is -5.90. The van der Waals surface area contributed by atoms with Crippen LogP contribution in [0.5, 0.6) is 0 Å². The lowest BCUT2D eigenvalue weighted by Gasteiger charge is -2.41. The largest absolute Gasteiger partial charge is 0.390 e. The van der Waals surface area contributed by atoms with Gasteiger partial charge >= 0.3 is 0 Å². The predicted molar refractivity (Wildman–Crippen MR) is 389 cm³/mol. The fourth-order valence-corrected chi connectivity index (χ4v) is 13.4. The van der Waals surface area contributed by atoms with Crippen LogP contribution in [0.1, 0.15) is 177 Å². The quantitative estimate of drug-likeness (QED) is 0.0439. The van der Waals surface area contributed by atoms with Crippen LogP contribution in [0, 0.1) is 35.5 Å². The molecule has 0 unspecified atom stereocenters. The van der Waals surface area contributed by atoms with Crippen molar-refractivity contribution in [3.8, 4) is 0 Å². The Bertz CT molecular complexity index is 2660. The van der Waals surface area contributed by atoms with Crippen molar-refractivity contribution in [1.82, 2.24) is 60.5 Å². The summed E-state index contributed by atoms with van der Waals surface area (Å²) in [5.74, 6) is -9.48. The number of rotatable bonds is 26. The molecule has 99 heavy (non-hydrogen) atoms. The van der Waals surface area contributed by atoms with E-state index in [2.05, 4.69) is 26.2 Å². The van der Waals surface area contributed by atoms with Crippen LogP contribution in [0.3, 0.4) is 0 Å². The number of ether oxygens (including phenoxy) is 2. The molecule has 1 aliphatic heterocycles. The highest BCUT2D eigenvalue weighted by atomic mass is 32.2. The predicted octanol–water partition coefficient (Wildman–Crippen LogP) is 4.85. The fourth-order valence-electron chi connectivity index (χ4n) is 12.2. The summed E-state index contributed by atoms with van der Waals surface area (Å²) in [6.45, 7) is 37.9. The van der Waals surface area contributed by atoms with Crippen LogP contribution in [0.25, 0.3) is 0 Å². The van der Waals surface area contributed by atoms with Gasteiger partial charge in [0.05, 0.1) is 11.7 Å². The second-order valence-corrected chi connectivity index (χ2v) is 30.6. The molecule has 11 amide bonds. The Morgan fingerprint density at radius 1 is 0.525 bits per heavy atom. The summed E-state index contributed by atoms with van der Waals surface area (Å²) in [5.41, 5.74) is -1.16. The van der Waals surface area contributed by atoms with Gasteiger partial charge in [-0.05, 0) is 122 Å². The number of likely N-dealkylation sites (N-methyl/N-ethyl adjacent to an activating group) is 7. The summed E-state index contributed by atoms with van der Waals surface area (Å²) in [6.07, 6.45) is 2.59. The lowest BCUT2D eigenvalue weighted by molar-refractivity contribution is -0.157. The molecule has 13 atom stereocenters. The van der Waals surface area contributed by atoms with E-state index >= 15 is 38.4 Å². The third-order valence-electron chi connectivity index (χ3n) is 18.8. The number of thioether (sulfide) groups is 1. The maximum Gasteiger partial charge on any atom is 0.246 e. The average Bonchev–Trinajstić information content (AvgIpc) is 1.96. The van der Waals surface area contributed by atoms with Crippen LogP contribution < -0.4 is 21.3 Å². The minimum absolute atomic E-state index is 0.0190. The third-order valence-corrected chi connectivity index (χ3v) is 19.9. The number of carbonyl (C=O) groups is 11. The molecule has 0 aromatic rings. The number of hydrogen-bond donors (Lipinski definition) is 5. The molecule has 0 aliphatic carbocycles. The average molecular weight is 1420 g/mol. The number of hydrogen-bond acceptors (Lipinski definition) is 16. The summed E-state index contributed by atoms with van der Waals surface area (Å²) in [6, 6.07) is -14.3. The van der Waals surface area contributed by atoms with Gasteiger partial charge in [0, 0.05) is 80.4 Å². The van der Waals surface area contributed by atoms with Crippen molar-refractivity contribution in [2.24, 2.45) is 35.5 Å². The molecule has 0 aromatic carbocycles. The molecule has 1 aliphatic rings. The molecule has 1 heterocycles. The molecule has 0 radical (unpaired) electrons. The van der Waals surface area contributed by atoms with Crippen LogP contribution in [0.15, 0.2) is 12.2 Å². The molecule has 26 nitrogen and oxygen atoms in total. The summed E-state index contributed by atoms with van der Waals surface area (Å²) < 4.78 is 11.7. The first kappa shape index (κ1) is 91.1. The van der Waals surface area contributed by atoms with Gasteiger partial charge in [-0.2, -0.15) is 11.8 Å². The van der Waals surface area contributed by atoms with Gasteiger partial charge in [0.1, 0.15) is 73.3 Å². The van der Waals surface area contributed by atoms with Gasteiger partial charge in [-0.3, -0.25) is 52.7 Å². The minimum atomic E-state index is -1.66. The number of aliphatic hydroxyl groups is 1. The number of aliphatic hydroxyl groups excluding tert-OH is 1. The first-order valence-electron chi connectivity index (χ1n) is 35.9. The monoisotopic (exact) mass is 1420 g/mol. The van der Waals surface area contributed by atoms with Crippen LogP contribution in [-0.4, -0.2) is 281 Å². The van der Waals surface area contributed by atoms with Gasteiger partial charge in [-0.1, -0.05) is 109 Å². The van der Waals surface area contributed by atoms with E-state index in [9.17, 15) is 19.5 Å². The zero-order valence-electron chi connectivity index (χ0n) is 65.5. The molecule has 1 fully saturated rings. The van der Waals surface area contributed by atoms with E-state index in [0.29, 0.717) is 18.9 Å². The lowest BCUT2D eigenvalue weighted by Crippen LogP contribution is -2.64. The van der Waals surface area contributed by atoms with Crippen molar-refractivity contribution in [3.05, 3.63) is 12.2 Å². The van der Waals surface area contributed by atoms with Gasteiger partial charge in [0.25, 0.3) is 0 Å². The number of nitrogens with zero attached hydrogens (tertiary/aromatic N) is 8. The van der Waals surface area contributed by atoms with Crippen molar-refractivity contribution in [2.75, 3.05) is 93.9 Å². The van der Waals surface area contributed by atoms with E-state index in [-0.39, 0.29) is 68.8 Å². The lowest BCUT2D eigenvalue weighted by atomic mass is 9.91. The van der Waals surface area contributed by atoms with E-state index in [1.165, 1.54) is 104 Å². The second kappa shape index (κ2) is 43.1. The zero-order valence-corrected chi connectivity index (χ0v) is 66.3. The van der Waals surface area contributed by atoms with Gasteiger partial charge in [-0.15, -0.1) is 0 Å². The Morgan fingerprint density at radius 2 is 0.980 bits per heavy atom. The first-order valence-corrected chi connectivity index (χ1v) is 37.0. The van der Waals surface area contributed by atoms with E-state index in [4.69, 9.17) is 9.47 Å². The molecule has 570 valence electrons. The van der Waals surface area contributed by atoms with Crippen molar-refractivity contribution >= 4 is 76.7 Å². The number of allylic oxidation sites excluding steroid dienone is 2. The highest BCUT2D eigenvalue weighted by Crippen LogP contribution is 2.28. The van der Waals surface area contributed by atoms with Gasteiger partial charge in [0.2, 0.25) is 65.0 Å². The maximum absolute atomic E-state index is 15.7. The normalized spacial score (nSPS) is 25.7. The van der Waals surface area contributed by atoms with E-state index < -0.39 is 161 Å². The summed E-state index contributed by atoms with van der Waals surface area (Å²) in [7, 11) is 10.0. The highest BCUT2D eigenvalue weighted by molar-refractivity contribution is 7.99. The number of carbonyl (C=O) groups excluding carboxylic acids is 11. The van der Waals surface area contributed by atoms with Crippen LogP contribution >= 0.6 is 11.8 Å². The molecule has 0 spiro atoms. The Balaban J connectivity index is 4.67. The Kier molecular flexibility index (Phi) is 39.7. The van der Waals surface area contributed by atoms with Crippen molar-refractivity contribution in [2.45, 2.75) is 255 Å². The van der Waals surface area contributed by atoms with Crippen molar-refractivity contribution < 1.29 is 67.3 Å². The second-order valence-electron chi connectivity index (χ2n) is 29.5. The first-order chi connectivity index (χ1) is 46.0. The molecule has 27 heteroatoms. The van der Waals surface area contributed by atoms with Crippen molar-refractivity contribution in [3.63, 3.8) is 0 Å². The molecule has 1 rings (SSSR count). The highest BCUT2D eigenvalue weighted by Gasteiger charge is 2.47. The summed E-state index contributed by atoms with van der Waals surface area (Å²) in [4.78, 5) is 177. The molecule has 1 saturated heterocycles. The topological polar surface area (TPSA) is 300 Å². The van der Waals surface area contributed by atoms with Crippen LogP contribution in [0.2, 0.25) is 0 Å². The number of nitrogens with one attached hydrogen (secondary N) is 4. The van der Waals surface area contributed by atoms with Crippen LogP contribution in [-0.2, 0) is 62.2 Å². The molecular weight excluding hydrogens is 1290 g/mol. The molecule has 0 aromatic heterocycles. The van der Waals surface area contributed by atoms with E-state index in [1.807, 2.05) is 68.4 Å². The zero-order chi connectivity index (χ0) is 76.4. The minimum Gasteiger partial charge on any atom is -0.390 e. The Morgan fingerprint density at radius 3 is 1.46 bits per heavy atom. The molecular formula is C72H132N12O14S. The van der Waals surface area contributed by atoms with E-state index in [1.54, 1.807) is 68.4 Å². The van der Waals surface area contributed by atoms with Gasteiger partial charge < -0.3 is 75.0 Å². The van der Waals surface area contributed by atoms with Gasteiger partial charge in [0.15, 0.2) is 0 Å². The molecule has 5 N–H and O–H groups in total. The third kappa shape index (κ3) is 27.1. The van der Waals surface area contributed by atoms with Gasteiger partial charge in [-0.25, -0.2) is 0 Å². The molecule has 0 bridgehead atoms. The smallest absolute Gasteiger partial charge is 0.246 e. The van der Waals surface area contributed by atoms with Crippen LogP contribution in [0.4, 0.5) is 0 Å². The van der Waals surface area contributed by atoms with Crippen molar-refractivity contribution in [1.29, 1.82) is 0 Å². The summed E-state index contributed by atoms with van der Waals surface area (Å²) >= 11 is 1.42.